The predicted molar refractivity (Wildman–Crippen MR) is 101 cm³/mol. The fourth-order valence-corrected chi connectivity index (χ4v) is 2.88. The summed E-state index contributed by atoms with van der Waals surface area (Å²) in [6.45, 7) is 4.14. The Morgan fingerprint density at radius 2 is 1.84 bits per heavy atom. The second-order valence-corrected chi connectivity index (χ2v) is 6.48. The van der Waals surface area contributed by atoms with Crippen molar-refractivity contribution in [2.45, 2.75) is 19.9 Å². The van der Waals surface area contributed by atoms with Gasteiger partial charge in [-0.3, -0.25) is 9.78 Å². The van der Waals surface area contributed by atoms with Crippen LogP contribution in [0.1, 0.15) is 38.7 Å². The van der Waals surface area contributed by atoms with E-state index in [4.69, 9.17) is 11.6 Å². The zero-order valence-corrected chi connectivity index (χ0v) is 14.9. The number of hydrogen-bond acceptors (Lipinski definition) is 2. The van der Waals surface area contributed by atoms with Crippen LogP contribution in [0.25, 0.3) is 0 Å². The molecule has 3 nitrogen and oxygen atoms in total. The molecule has 2 aromatic carbocycles. The van der Waals surface area contributed by atoms with Gasteiger partial charge in [0.15, 0.2) is 0 Å². The Hall–Kier alpha value is -2.65. The van der Waals surface area contributed by atoms with Crippen LogP contribution in [0.15, 0.2) is 67.0 Å². The smallest absolute Gasteiger partial charge is 0.252 e. The highest BCUT2D eigenvalue weighted by atomic mass is 35.5. The van der Waals surface area contributed by atoms with Crippen molar-refractivity contribution in [3.63, 3.8) is 0 Å². The summed E-state index contributed by atoms with van der Waals surface area (Å²) >= 11 is 6.01. The molecule has 0 aliphatic heterocycles. The first kappa shape index (κ1) is 17.2. The molecule has 126 valence electrons. The first-order chi connectivity index (χ1) is 12.0. The topological polar surface area (TPSA) is 42.0 Å². The Labute approximate surface area is 152 Å². The number of carbonyl (C=O) groups is 1. The number of rotatable bonds is 4. The molecule has 0 fully saturated rings. The van der Waals surface area contributed by atoms with Crippen LogP contribution in [0, 0.1) is 13.8 Å². The van der Waals surface area contributed by atoms with Gasteiger partial charge < -0.3 is 5.32 Å². The van der Waals surface area contributed by atoms with Gasteiger partial charge in [0.1, 0.15) is 0 Å². The number of amides is 1. The molecular weight excluding hydrogens is 332 g/mol. The van der Waals surface area contributed by atoms with Crippen LogP contribution in [0.3, 0.4) is 0 Å². The summed E-state index contributed by atoms with van der Waals surface area (Å²) in [6.07, 6.45) is 3.50. The van der Waals surface area contributed by atoms with E-state index in [2.05, 4.69) is 36.3 Å². The molecule has 3 aromatic rings. The molecule has 0 saturated carbocycles. The summed E-state index contributed by atoms with van der Waals surface area (Å²) in [6, 6.07) is 16.7. The average Bonchev–Trinajstić information content (AvgIpc) is 2.62. The summed E-state index contributed by atoms with van der Waals surface area (Å²) < 4.78 is 0. The third-order valence-corrected chi connectivity index (χ3v) is 4.48. The quantitative estimate of drug-likeness (QED) is 0.729. The second-order valence-electron chi connectivity index (χ2n) is 6.05. The standard InChI is InChI=1S/C21H19ClN2O/c1-14-8-9-16(11-15(14)2)20(18-6-4-10-23-13-18)24-21(25)17-5-3-7-19(22)12-17/h3-13,20H,1-2H3,(H,24,25)/t20-/m0/s1. The molecule has 1 heterocycles. The maximum Gasteiger partial charge on any atom is 0.252 e. The third-order valence-electron chi connectivity index (χ3n) is 4.24. The molecule has 0 radical (unpaired) electrons. The van der Waals surface area contributed by atoms with E-state index in [1.54, 1.807) is 36.7 Å². The summed E-state index contributed by atoms with van der Waals surface area (Å²) in [7, 11) is 0. The van der Waals surface area contributed by atoms with Gasteiger partial charge in [-0.25, -0.2) is 0 Å². The van der Waals surface area contributed by atoms with Crippen molar-refractivity contribution in [2.75, 3.05) is 0 Å². The van der Waals surface area contributed by atoms with E-state index in [-0.39, 0.29) is 11.9 Å². The second kappa shape index (κ2) is 7.49. The molecule has 0 aliphatic carbocycles. The predicted octanol–water partition coefficient (Wildman–Crippen LogP) is 4.87. The average molecular weight is 351 g/mol. The van der Waals surface area contributed by atoms with Gasteiger partial charge in [0.2, 0.25) is 0 Å². The minimum Gasteiger partial charge on any atom is -0.341 e. The van der Waals surface area contributed by atoms with Crippen LogP contribution in [-0.4, -0.2) is 10.9 Å². The van der Waals surface area contributed by atoms with Crippen LogP contribution in [0.2, 0.25) is 5.02 Å². The minimum atomic E-state index is -0.278. The van der Waals surface area contributed by atoms with E-state index in [1.807, 2.05) is 18.2 Å². The number of nitrogens with zero attached hydrogens (tertiary/aromatic N) is 1. The molecule has 3 rings (SSSR count). The van der Waals surface area contributed by atoms with Crippen molar-refractivity contribution < 1.29 is 4.79 Å². The normalized spacial score (nSPS) is 11.8. The van der Waals surface area contributed by atoms with Gasteiger partial charge in [-0.1, -0.05) is 41.9 Å². The lowest BCUT2D eigenvalue weighted by Crippen LogP contribution is -2.29. The SMILES string of the molecule is Cc1ccc([C@H](NC(=O)c2cccc(Cl)c2)c2cccnc2)cc1C. The lowest BCUT2D eigenvalue weighted by Gasteiger charge is -2.20. The van der Waals surface area contributed by atoms with E-state index in [1.165, 1.54) is 11.1 Å². The monoisotopic (exact) mass is 350 g/mol. The highest BCUT2D eigenvalue weighted by Gasteiger charge is 2.18. The van der Waals surface area contributed by atoms with Gasteiger partial charge >= 0.3 is 0 Å². The van der Waals surface area contributed by atoms with Gasteiger partial charge in [-0.05, 0) is 60.4 Å². The molecule has 1 atom stereocenters. The lowest BCUT2D eigenvalue weighted by molar-refractivity contribution is 0.0943. The van der Waals surface area contributed by atoms with Crippen molar-refractivity contribution >= 4 is 17.5 Å². The number of benzene rings is 2. The lowest BCUT2D eigenvalue weighted by atomic mass is 9.96. The Balaban J connectivity index is 1.97. The van der Waals surface area contributed by atoms with Gasteiger partial charge in [0.25, 0.3) is 5.91 Å². The molecule has 1 amide bonds. The highest BCUT2D eigenvalue weighted by molar-refractivity contribution is 6.30. The molecule has 0 aliphatic rings. The van der Waals surface area contributed by atoms with Crippen molar-refractivity contribution in [1.29, 1.82) is 0 Å². The summed E-state index contributed by atoms with van der Waals surface area (Å²) in [5.41, 5.74) is 4.89. The van der Waals surface area contributed by atoms with Crippen LogP contribution < -0.4 is 5.32 Å². The summed E-state index contributed by atoms with van der Waals surface area (Å²) in [5, 5.41) is 3.64. The van der Waals surface area contributed by atoms with Gasteiger partial charge in [-0.2, -0.15) is 0 Å². The minimum absolute atomic E-state index is 0.172. The number of pyridine rings is 1. The number of halogens is 1. The van der Waals surface area contributed by atoms with E-state index in [0.29, 0.717) is 10.6 Å². The van der Waals surface area contributed by atoms with Crippen molar-refractivity contribution in [2.24, 2.45) is 0 Å². The molecule has 0 unspecified atom stereocenters. The number of carbonyl (C=O) groups excluding carboxylic acids is 1. The van der Waals surface area contributed by atoms with E-state index in [0.717, 1.165) is 11.1 Å². The largest absolute Gasteiger partial charge is 0.341 e. The Morgan fingerprint density at radius 1 is 1.00 bits per heavy atom. The maximum atomic E-state index is 12.7. The molecule has 1 aromatic heterocycles. The zero-order chi connectivity index (χ0) is 17.8. The first-order valence-electron chi connectivity index (χ1n) is 8.08. The summed E-state index contributed by atoms with van der Waals surface area (Å²) in [4.78, 5) is 16.9. The molecule has 25 heavy (non-hydrogen) atoms. The van der Waals surface area contributed by atoms with E-state index in [9.17, 15) is 4.79 Å². The fraction of sp³-hybridized carbons (Fsp3) is 0.143. The first-order valence-corrected chi connectivity index (χ1v) is 8.46. The zero-order valence-electron chi connectivity index (χ0n) is 14.2. The third kappa shape index (κ3) is 4.06. The summed E-state index contributed by atoms with van der Waals surface area (Å²) in [5.74, 6) is -0.172. The van der Waals surface area contributed by atoms with Gasteiger partial charge in [0.05, 0.1) is 6.04 Å². The maximum absolute atomic E-state index is 12.7. The van der Waals surface area contributed by atoms with Crippen LogP contribution >= 0.6 is 11.6 Å². The number of nitrogens with one attached hydrogen (secondary N) is 1. The number of hydrogen-bond donors (Lipinski definition) is 1. The van der Waals surface area contributed by atoms with E-state index < -0.39 is 0 Å². The molecule has 4 heteroatoms. The highest BCUT2D eigenvalue weighted by Crippen LogP contribution is 2.24. The molecule has 1 N–H and O–H groups in total. The van der Waals surface area contributed by atoms with Crippen molar-refractivity contribution in [3.05, 3.63) is 99.8 Å². The molecule has 0 saturated heterocycles. The molecule has 0 spiro atoms. The van der Waals surface area contributed by atoms with Crippen molar-refractivity contribution in [1.82, 2.24) is 10.3 Å². The van der Waals surface area contributed by atoms with Crippen LogP contribution in [0.4, 0.5) is 0 Å². The van der Waals surface area contributed by atoms with Crippen LogP contribution in [-0.2, 0) is 0 Å². The van der Waals surface area contributed by atoms with Gasteiger partial charge in [-0.15, -0.1) is 0 Å². The Bertz CT molecular complexity index is 893. The molecular formula is C21H19ClN2O. The van der Waals surface area contributed by atoms with Crippen molar-refractivity contribution in [3.8, 4) is 0 Å². The fourth-order valence-electron chi connectivity index (χ4n) is 2.69. The molecule has 0 bridgehead atoms. The number of aromatic nitrogens is 1. The number of aryl methyl sites for hydroxylation is 2. The van der Waals surface area contributed by atoms with E-state index >= 15 is 0 Å². The Kier molecular flexibility index (Phi) is 5.15. The van der Waals surface area contributed by atoms with Gasteiger partial charge in [0, 0.05) is 23.0 Å². The Morgan fingerprint density at radius 3 is 2.52 bits per heavy atom. The van der Waals surface area contributed by atoms with Crippen LogP contribution in [0.5, 0.6) is 0 Å².